The Kier molecular flexibility index (Phi) is 10.2. The number of unbranched alkanes of at least 4 members (excludes halogenated alkanes) is 3. The number of para-hydroxylation sites is 1. The van der Waals surface area contributed by atoms with E-state index >= 15 is 0 Å². The molecule has 4 rings (SSSR count). The van der Waals surface area contributed by atoms with Crippen molar-refractivity contribution in [2.75, 3.05) is 19.0 Å². The van der Waals surface area contributed by atoms with E-state index in [1.165, 1.54) is 25.3 Å². The molecule has 1 aliphatic carbocycles. The summed E-state index contributed by atoms with van der Waals surface area (Å²) in [6.07, 6.45) is 9.93. The van der Waals surface area contributed by atoms with Crippen molar-refractivity contribution in [3.05, 3.63) is 101 Å². The summed E-state index contributed by atoms with van der Waals surface area (Å²) in [7, 11) is 1.37. The predicted octanol–water partition coefficient (Wildman–Crippen LogP) is 5.90. The van der Waals surface area contributed by atoms with Crippen LogP contribution in [0.3, 0.4) is 0 Å². The molecule has 222 valence electrons. The van der Waals surface area contributed by atoms with Gasteiger partial charge in [0.15, 0.2) is 11.5 Å². The Hall–Kier alpha value is -3.88. The normalized spacial score (nSPS) is 22.2. The standard InChI is InChI=1S/C34H39FN2O5/c1-23(2)34(41)31(33(40)36-26-13-7-6-8-14-26)30(27-15-10-11-16-28(27)38)32(24-18-20-25(35)21-19-24)37(34)22-12-5-4-9-17-29(39)42-3/h6-8,10-11,13-16,18-21,23,27,32,41H,4-5,9,12,17,22H2,1-3H3,(H,36,40). The predicted molar refractivity (Wildman–Crippen MR) is 160 cm³/mol. The van der Waals surface area contributed by atoms with Crippen LogP contribution < -0.4 is 5.32 Å². The molecule has 8 heteroatoms. The molecule has 0 saturated heterocycles. The van der Waals surface area contributed by atoms with Crippen molar-refractivity contribution in [1.82, 2.24) is 4.90 Å². The van der Waals surface area contributed by atoms with Gasteiger partial charge in [-0.15, -0.1) is 0 Å². The van der Waals surface area contributed by atoms with Crippen molar-refractivity contribution in [3.8, 4) is 0 Å². The molecule has 7 nitrogen and oxygen atoms in total. The topological polar surface area (TPSA) is 95.9 Å². The number of carbonyl (C=O) groups excluding carboxylic acids is 3. The van der Waals surface area contributed by atoms with E-state index in [4.69, 9.17) is 4.74 Å². The smallest absolute Gasteiger partial charge is 0.305 e. The lowest BCUT2D eigenvalue weighted by molar-refractivity contribution is -0.140. The molecule has 0 spiro atoms. The highest BCUT2D eigenvalue weighted by molar-refractivity contribution is 6.08. The first-order valence-electron chi connectivity index (χ1n) is 14.5. The third kappa shape index (κ3) is 6.61. The number of anilines is 1. The van der Waals surface area contributed by atoms with Gasteiger partial charge >= 0.3 is 5.97 Å². The fraction of sp³-hybridized carbons (Fsp3) is 0.382. The minimum absolute atomic E-state index is 0.139. The maximum absolute atomic E-state index is 14.2. The first-order chi connectivity index (χ1) is 20.2. The summed E-state index contributed by atoms with van der Waals surface area (Å²) in [6.45, 7) is 4.10. The number of amides is 1. The summed E-state index contributed by atoms with van der Waals surface area (Å²) >= 11 is 0. The number of hydrogen-bond acceptors (Lipinski definition) is 6. The number of allylic oxidation sites excluding steroid dienone is 4. The molecule has 0 fully saturated rings. The Morgan fingerprint density at radius 3 is 2.36 bits per heavy atom. The third-order valence-electron chi connectivity index (χ3n) is 8.02. The Morgan fingerprint density at radius 2 is 1.71 bits per heavy atom. The molecule has 2 aromatic carbocycles. The summed E-state index contributed by atoms with van der Waals surface area (Å²) in [5.74, 6) is -2.56. The summed E-state index contributed by atoms with van der Waals surface area (Å²) in [5, 5.41) is 15.6. The first-order valence-corrected chi connectivity index (χ1v) is 14.5. The Bertz CT molecular complexity index is 1370. The van der Waals surface area contributed by atoms with Gasteiger partial charge in [-0.1, -0.05) is 75.2 Å². The number of aliphatic hydroxyl groups is 1. The molecule has 2 aromatic rings. The van der Waals surface area contributed by atoms with Crippen molar-refractivity contribution < 1.29 is 28.6 Å². The lowest BCUT2D eigenvalue weighted by Crippen LogP contribution is -2.53. The van der Waals surface area contributed by atoms with Crippen LogP contribution in [0.2, 0.25) is 0 Å². The Balaban J connectivity index is 1.80. The number of nitrogens with one attached hydrogen (secondary N) is 1. The van der Waals surface area contributed by atoms with Gasteiger partial charge in [0.25, 0.3) is 5.91 Å². The van der Waals surface area contributed by atoms with Crippen LogP contribution in [0.15, 0.2) is 90.0 Å². The number of ketones is 1. The lowest BCUT2D eigenvalue weighted by atomic mass is 9.80. The number of halogens is 1. The van der Waals surface area contributed by atoms with E-state index < -0.39 is 35.3 Å². The SMILES string of the molecule is COC(=O)CCCCCCN1C(c2ccc(F)cc2)C(C2C=CC=CC2=O)=C(C(=O)Nc2ccccc2)C1(O)C(C)C. The van der Waals surface area contributed by atoms with Crippen LogP contribution in [-0.2, 0) is 19.1 Å². The van der Waals surface area contributed by atoms with Crippen LogP contribution in [0.25, 0.3) is 0 Å². The van der Waals surface area contributed by atoms with Crippen molar-refractivity contribution in [2.24, 2.45) is 11.8 Å². The van der Waals surface area contributed by atoms with Crippen molar-refractivity contribution in [1.29, 1.82) is 0 Å². The molecule has 3 unspecified atom stereocenters. The van der Waals surface area contributed by atoms with Gasteiger partial charge in [-0.25, -0.2) is 4.39 Å². The van der Waals surface area contributed by atoms with E-state index in [2.05, 4.69) is 5.32 Å². The molecule has 1 amide bonds. The number of rotatable bonds is 12. The van der Waals surface area contributed by atoms with Gasteiger partial charge in [0.05, 0.1) is 24.6 Å². The number of nitrogens with zero attached hydrogens (tertiary/aromatic N) is 1. The molecule has 42 heavy (non-hydrogen) atoms. The van der Waals surface area contributed by atoms with Crippen LogP contribution >= 0.6 is 0 Å². The van der Waals surface area contributed by atoms with Gasteiger partial charge in [0, 0.05) is 24.6 Å². The number of esters is 1. The number of hydrogen-bond donors (Lipinski definition) is 2. The monoisotopic (exact) mass is 574 g/mol. The zero-order valence-corrected chi connectivity index (χ0v) is 24.4. The van der Waals surface area contributed by atoms with Crippen molar-refractivity contribution >= 4 is 23.3 Å². The Morgan fingerprint density at radius 1 is 1.02 bits per heavy atom. The second kappa shape index (κ2) is 13.9. The highest BCUT2D eigenvalue weighted by Crippen LogP contribution is 2.52. The molecule has 1 aliphatic heterocycles. The zero-order chi connectivity index (χ0) is 30.3. The number of benzene rings is 2. The largest absolute Gasteiger partial charge is 0.469 e. The fourth-order valence-corrected chi connectivity index (χ4v) is 5.91. The lowest BCUT2D eigenvalue weighted by Gasteiger charge is -2.42. The van der Waals surface area contributed by atoms with E-state index in [1.54, 1.807) is 54.6 Å². The number of methoxy groups -OCH3 is 1. The zero-order valence-electron chi connectivity index (χ0n) is 24.4. The van der Waals surface area contributed by atoms with Crippen LogP contribution in [0.1, 0.15) is 57.6 Å². The van der Waals surface area contributed by atoms with E-state index in [0.29, 0.717) is 42.6 Å². The minimum Gasteiger partial charge on any atom is -0.469 e. The minimum atomic E-state index is -1.73. The van der Waals surface area contributed by atoms with Crippen LogP contribution in [-0.4, -0.2) is 47.0 Å². The average molecular weight is 575 g/mol. The highest BCUT2D eigenvalue weighted by atomic mass is 19.1. The fourth-order valence-electron chi connectivity index (χ4n) is 5.91. The van der Waals surface area contributed by atoms with Crippen molar-refractivity contribution in [2.45, 2.75) is 57.7 Å². The maximum Gasteiger partial charge on any atom is 0.305 e. The van der Waals surface area contributed by atoms with Gasteiger partial charge < -0.3 is 15.2 Å². The van der Waals surface area contributed by atoms with Gasteiger partial charge in [0.1, 0.15) is 5.82 Å². The number of ether oxygens (including phenoxy) is 1. The summed E-state index contributed by atoms with van der Waals surface area (Å²) in [4.78, 5) is 40.9. The quantitative estimate of drug-likeness (QED) is 0.242. The van der Waals surface area contributed by atoms with Gasteiger partial charge in [-0.2, -0.15) is 0 Å². The molecular weight excluding hydrogens is 535 g/mol. The van der Waals surface area contributed by atoms with Gasteiger partial charge in [-0.3, -0.25) is 19.3 Å². The van der Waals surface area contributed by atoms with Crippen LogP contribution in [0.4, 0.5) is 10.1 Å². The van der Waals surface area contributed by atoms with E-state index in [0.717, 1.165) is 12.8 Å². The second-order valence-electron chi connectivity index (χ2n) is 11.0. The molecule has 2 aliphatic rings. The highest BCUT2D eigenvalue weighted by Gasteiger charge is 2.57. The summed E-state index contributed by atoms with van der Waals surface area (Å²) in [6, 6.07) is 14.3. The Labute approximate surface area is 246 Å². The molecule has 0 aromatic heterocycles. The van der Waals surface area contributed by atoms with Crippen LogP contribution in [0, 0.1) is 17.7 Å². The maximum atomic E-state index is 14.2. The van der Waals surface area contributed by atoms with Gasteiger partial charge in [-0.05, 0) is 54.3 Å². The molecule has 1 heterocycles. The summed E-state index contributed by atoms with van der Waals surface area (Å²) < 4.78 is 18.8. The van der Waals surface area contributed by atoms with Crippen LogP contribution in [0.5, 0.6) is 0 Å². The summed E-state index contributed by atoms with van der Waals surface area (Å²) in [5.41, 5.74) is 0.138. The van der Waals surface area contributed by atoms with E-state index in [-0.39, 0.29) is 17.3 Å². The average Bonchev–Trinajstić information content (AvgIpc) is 3.25. The molecule has 2 N–H and O–H groups in total. The van der Waals surface area contributed by atoms with E-state index in [9.17, 15) is 23.9 Å². The molecule has 0 radical (unpaired) electrons. The first kappa shape index (κ1) is 31.1. The van der Waals surface area contributed by atoms with E-state index in [1.807, 2.05) is 24.8 Å². The molecule has 0 saturated carbocycles. The second-order valence-corrected chi connectivity index (χ2v) is 11.0. The molecule has 0 bridgehead atoms. The van der Waals surface area contributed by atoms with Crippen molar-refractivity contribution in [3.63, 3.8) is 0 Å². The molecular formula is C34H39FN2O5. The van der Waals surface area contributed by atoms with Gasteiger partial charge in [0.2, 0.25) is 0 Å². The molecule has 3 atom stereocenters. The number of carbonyl (C=O) groups is 3. The third-order valence-corrected chi connectivity index (χ3v) is 8.02.